The summed E-state index contributed by atoms with van der Waals surface area (Å²) in [5.74, 6) is 0.184. The van der Waals surface area contributed by atoms with Crippen LogP contribution in [0, 0.1) is 0 Å². The second-order valence-corrected chi connectivity index (χ2v) is 8.75. The summed E-state index contributed by atoms with van der Waals surface area (Å²) < 4.78 is 11.3. The van der Waals surface area contributed by atoms with Crippen LogP contribution < -0.4 is 9.47 Å². The Morgan fingerprint density at radius 1 is 1.00 bits per heavy atom. The van der Waals surface area contributed by atoms with Gasteiger partial charge in [-0.2, -0.15) is 0 Å². The van der Waals surface area contributed by atoms with Crippen LogP contribution in [-0.2, 0) is 11.4 Å². The quantitative estimate of drug-likeness (QED) is 0.289. The third-order valence-corrected chi connectivity index (χ3v) is 6.37. The van der Waals surface area contributed by atoms with Crippen molar-refractivity contribution in [2.75, 3.05) is 13.7 Å². The number of ether oxygens (including phenoxy) is 2. The Hall–Kier alpha value is -3.55. The Labute approximate surface area is 206 Å². The van der Waals surface area contributed by atoms with E-state index in [9.17, 15) is 14.4 Å². The van der Waals surface area contributed by atoms with Gasteiger partial charge in [-0.3, -0.25) is 19.3 Å². The number of imide groups is 1. The van der Waals surface area contributed by atoms with E-state index in [1.54, 1.807) is 60.7 Å². The molecule has 0 atom stereocenters. The van der Waals surface area contributed by atoms with E-state index in [0.29, 0.717) is 27.6 Å². The standard InChI is InChI=1S/C26H20ClNO5S/c1-32-23-13-17(11-12-22(23)33-16-19-9-5-6-10-20(19)27)14-24-25(30)28(26(31)34-24)15-21(29)18-7-3-2-4-8-18/h2-14H,15-16H2,1H3/b24-14+. The first-order valence-corrected chi connectivity index (χ1v) is 11.5. The van der Waals surface area contributed by atoms with Gasteiger partial charge in [-0.1, -0.05) is 66.2 Å². The topological polar surface area (TPSA) is 72.9 Å². The Kier molecular flexibility index (Phi) is 7.35. The number of ketones is 1. The smallest absolute Gasteiger partial charge is 0.293 e. The third kappa shape index (κ3) is 5.32. The van der Waals surface area contributed by atoms with Crippen LogP contribution in [-0.4, -0.2) is 35.5 Å². The molecule has 3 aromatic rings. The molecule has 1 fully saturated rings. The van der Waals surface area contributed by atoms with Gasteiger partial charge in [0.05, 0.1) is 18.6 Å². The number of hydrogen-bond donors (Lipinski definition) is 0. The Bertz CT molecular complexity index is 1280. The van der Waals surface area contributed by atoms with Crippen LogP contribution in [0.15, 0.2) is 77.7 Å². The number of thioether (sulfide) groups is 1. The number of nitrogens with zero attached hydrogens (tertiary/aromatic N) is 1. The highest BCUT2D eigenvalue weighted by molar-refractivity contribution is 8.18. The molecule has 0 saturated carbocycles. The average Bonchev–Trinajstić information content (AvgIpc) is 3.11. The lowest BCUT2D eigenvalue weighted by molar-refractivity contribution is -0.122. The Morgan fingerprint density at radius 3 is 2.47 bits per heavy atom. The molecule has 1 saturated heterocycles. The van der Waals surface area contributed by atoms with Crippen molar-refractivity contribution in [2.45, 2.75) is 6.61 Å². The summed E-state index contributed by atoms with van der Waals surface area (Å²) in [6, 6.07) is 21.2. The molecule has 8 heteroatoms. The number of methoxy groups -OCH3 is 1. The van der Waals surface area contributed by atoms with Crippen molar-refractivity contribution < 1.29 is 23.9 Å². The fourth-order valence-corrected chi connectivity index (χ4v) is 4.34. The number of rotatable bonds is 8. The lowest BCUT2D eigenvalue weighted by atomic mass is 10.1. The molecule has 172 valence electrons. The van der Waals surface area contributed by atoms with E-state index in [1.807, 2.05) is 18.2 Å². The zero-order valence-electron chi connectivity index (χ0n) is 18.2. The summed E-state index contributed by atoms with van der Waals surface area (Å²) in [4.78, 5) is 38.8. The first kappa shape index (κ1) is 23.6. The van der Waals surface area contributed by atoms with Crippen molar-refractivity contribution >= 4 is 46.4 Å². The first-order valence-electron chi connectivity index (χ1n) is 10.3. The highest BCUT2D eigenvalue weighted by atomic mass is 35.5. The zero-order valence-corrected chi connectivity index (χ0v) is 19.8. The van der Waals surface area contributed by atoms with Gasteiger partial charge in [0.25, 0.3) is 11.1 Å². The minimum atomic E-state index is -0.503. The van der Waals surface area contributed by atoms with Crippen LogP contribution >= 0.6 is 23.4 Å². The number of amides is 2. The monoisotopic (exact) mass is 493 g/mol. The second-order valence-electron chi connectivity index (χ2n) is 7.35. The van der Waals surface area contributed by atoms with E-state index < -0.39 is 11.1 Å². The van der Waals surface area contributed by atoms with Crippen molar-refractivity contribution in [1.29, 1.82) is 0 Å². The molecule has 0 bridgehead atoms. The minimum absolute atomic E-state index is 0.234. The van der Waals surface area contributed by atoms with Crippen LogP contribution in [0.3, 0.4) is 0 Å². The van der Waals surface area contributed by atoms with E-state index in [1.165, 1.54) is 7.11 Å². The molecule has 34 heavy (non-hydrogen) atoms. The Balaban J connectivity index is 1.47. The third-order valence-electron chi connectivity index (χ3n) is 5.10. The highest BCUT2D eigenvalue weighted by Crippen LogP contribution is 2.35. The summed E-state index contributed by atoms with van der Waals surface area (Å²) in [5.41, 5.74) is 1.94. The fourth-order valence-electron chi connectivity index (χ4n) is 3.31. The number of Topliss-reactive ketones (excluding diaryl/α,β-unsaturated/α-hetero) is 1. The predicted octanol–water partition coefficient (Wildman–Crippen LogP) is 5.85. The SMILES string of the molecule is COc1cc(/C=C2/SC(=O)N(CC(=O)c3ccccc3)C2=O)ccc1OCc1ccccc1Cl. The van der Waals surface area contributed by atoms with Crippen LogP contribution in [0.2, 0.25) is 5.02 Å². The summed E-state index contributed by atoms with van der Waals surface area (Å²) in [6.45, 7) is -0.0339. The number of carbonyl (C=O) groups excluding carboxylic acids is 3. The maximum Gasteiger partial charge on any atom is 0.293 e. The van der Waals surface area contributed by atoms with Gasteiger partial charge < -0.3 is 9.47 Å². The largest absolute Gasteiger partial charge is 0.493 e. The molecule has 0 aromatic heterocycles. The van der Waals surface area contributed by atoms with Gasteiger partial charge in [0.1, 0.15) is 6.61 Å². The molecule has 0 unspecified atom stereocenters. The van der Waals surface area contributed by atoms with E-state index in [2.05, 4.69) is 0 Å². The molecule has 0 spiro atoms. The second kappa shape index (κ2) is 10.6. The van der Waals surface area contributed by atoms with Crippen molar-refractivity contribution in [3.63, 3.8) is 0 Å². The number of benzene rings is 3. The highest BCUT2D eigenvalue weighted by Gasteiger charge is 2.36. The fraction of sp³-hybridized carbons (Fsp3) is 0.115. The van der Waals surface area contributed by atoms with Gasteiger partial charge in [0, 0.05) is 16.1 Å². The number of hydrogen-bond acceptors (Lipinski definition) is 6. The van der Waals surface area contributed by atoms with Crippen molar-refractivity contribution in [3.8, 4) is 11.5 Å². The Morgan fingerprint density at radius 2 is 1.74 bits per heavy atom. The van der Waals surface area contributed by atoms with Crippen LogP contribution in [0.25, 0.3) is 6.08 Å². The van der Waals surface area contributed by atoms with Gasteiger partial charge >= 0.3 is 0 Å². The van der Waals surface area contributed by atoms with Crippen LogP contribution in [0.4, 0.5) is 4.79 Å². The summed E-state index contributed by atoms with van der Waals surface area (Å²) >= 11 is 6.98. The van der Waals surface area contributed by atoms with Crippen molar-refractivity contribution in [1.82, 2.24) is 4.90 Å². The van der Waals surface area contributed by atoms with Crippen molar-refractivity contribution in [2.24, 2.45) is 0 Å². The summed E-state index contributed by atoms with van der Waals surface area (Å²) in [6.07, 6.45) is 1.60. The van der Waals surface area contributed by atoms with Gasteiger partial charge in [-0.15, -0.1) is 0 Å². The van der Waals surface area contributed by atoms with E-state index >= 15 is 0 Å². The molecule has 4 rings (SSSR count). The molecule has 6 nitrogen and oxygen atoms in total. The predicted molar refractivity (Wildman–Crippen MR) is 132 cm³/mol. The lowest BCUT2D eigenvalue weighted by Crippen LogP contribution is -2.33. The molecular formula is C26H20ClNO5S. The molecule has 3 aromatic carbocycles. The summed E-state index contributed by atoms with van der Waals surface area (Å²) in [7, 11) is 1.52. The maximum absolute atomic E-state index is 12.8. The first-order chi connectivity index (χ1) is 16.5. The molecule has 2 amide bonds. The molecular weight excluding hydrogens is 474 g/mol. The van der Waals surface area contributed by atoms with Crippen molar-refractivity contribution in [3.05, 3.63) is 99.4 Å². The molecule has 0 radical (unpaired) electrons. The van der Waals surface area contributed by atoms with Gasteiger partial charge in [-0.25, -0.2) is 0 Å². The minimum Gasteiger partial charge on any atom is -0.493 e. The van der Waals surface area contributed by atoms with Crippen LogP contribution in [0.1, 0.15) is 21.5 Å². The van der Waals surface area contributed by atoms with Gasteiger partial charge in [0.2, 0.25) is 0 Å². The summed E-state index contributed by atoms with van der Waals surface area (Å²) in [5, 5.41) is 0.131. The lowest BCUT2D eigenvalue weighted by Gasteiger charge is -2.12. The zero-order chi connectivity index (χ0) is 24.1. The normalized spacial score (nSPS) is 14.5. The van der Waals surface area contributed by atoms with Gasteiger partial charge in [-0.05, 0) is 41.6 Å². The van der Waals surface area contributed by atoms with Crippen LogP contribution in [0.5, 0.6) is 11.5 Å². The van der Waals surface area contributed by atoms with E-state index in [-0.39, 0.29) is 23.8 Å². The maximum atomic E-state index is 12.8. The number of carbonyl (C=O) groups is 3. The molecule has 0 N–H and O–H groups in total. The molecule has 1 aliphatic rings. The number of halogens is 1. The van der Waals surface area contributed by atoms with E-state index in [4.69, 9.17) is 21.1 Å². The molecule has 0 aliphatic carbocycles. The van der Waals surface area contributed by atoms with E-state index in [0.717, 1.165) is 22.2 Å². The molecule has 1 aliphatic heterocycles. The molecule has 1 heterocycles. The van der Waals surface area contributed by atoms with Gasteiger partial charge in [0.15, 0.2) is 17.3 Å². The average molecular weight is 494 g/mol.